The van der Waals surface area contributed by atoms with Crippen LogP contribution >= 0.6 is 39.0 Å². The highest BCUT2D eigenvalue weighted by atomic mass is 79.9. The van der Waals surface area contributed by atoms with Gasteiger partial charge in [-0.15, -0.1) is 11.3 Å². The van der Waals surface area contributed by atoms with Crippen molar-refractivity contribution in [2.45, 2.75) is 18.9 Å². The molecule has 0 aromatic carbocycles. The molecule has 1 aromatic heterocycles. The Kier molecular flexibility index (Phi) is 3.93. The van der Waals surface area contributed by atoms with Gasteiger partial charge in [0, 0.05) is 21.2 Å². The molecule has 1 nitrogen and oxygen atoms in total. The van der Waals surface area contributed by atoms with Gasteiger partial charge in [-0.25, -0.2) is 0 Å². The highest BCUT2D eigenvalue weighted by molar-refractivity contribution is 9.10. The minimum atomic E-state index is -0.143. The van der Waals surface area contributed by atoms with E-state index >= 15 is 0 Å². The zero-order chi connectivity index (χ0) is 9.97. The van der Waals surface area contributed by atoms with E-state index in [0.29, 0.717) is 5.92 Å². The molecular weight excluding hydrogens is 280 g/mol. The average molecular weight is 293 g/mol. The highest BCUT2D eigenvalue weighted by Gasteiger charge is 2.23. The lowest BCUT2D eigenvalue weighted by molar-refractivity contribution is 0.121. The minimum absolute atomic E-state index is 0.143. The van der Waals surface area contributed by atoms with Crippen molar-refractivity contribution in [3.8, 4) is 0 Å². The fraction of sp³-hybridized carbons (Fsp3) is 0.600. The number of hydrogen-bond acceptors (Lipinski definition) is 3. The van der Waals surface area contributed by atoms with Gasteiger partial charge in [-0.05, 0) is 45.8 Å². The Bertz CT molecular complexity index is 294. The number of aliphatic hydroxyl groups excluding tert-OH is 1. The summed E-state index contributed by atoms with van der Waals surface area (Å²) in [5.74, 6) is 2.87. The fourth-order valence-electron chi connectivity index (χ4n) is 1.69. The normalized spacial score (nSPS) is 24.0. The molecule has 0 bridgehead atoms. The second-order valence-corrected chi connectivity index (χ2v) is 6.69. The summed E-state index contributed by atoms with van der Waals surface area (Å²) in [6.07, 6.45) is 1.86. The second-order valence-electron chi connectivity index (χ2n) is 3.63. The van der Waals surface area contributed by atoms with Crippen LogP contribution < -0.4 is 0 Å². The van der Waals surface area contributed by atoms with Crippen LogP contribution in [0.15, 0.2) is 15.9 Å². The lowest BCUT2D eigenvalue weighted by Crippen LogP contribution is -2.21. The van der Waals surface area contributed by atoms with Crippen molar-refractivity contribution in [1.29, 1.82) is 0 Å². The number of hydrogen-bond donors (Lipinski definition) is 1. The van der Waals surface area contributed by atoms with Crippen LogP contribution in [0.5, 0.6) is 0 Å². The molecule has 1 saturated heterocycles. The van der Waals surface area contributed by atoms with E-state index in [9.17, 15) is 5.11 Å². The summed E-state index contributed by atoms with van der Waals surface area (Å²) in [5, 5.41) is 12.1. The third-order valence-electron chi connectivity index (χ3n) is 2.54. The first kappa shape index (κ1) is 11.0. The monoisotopic (exact) mass is 292 g/mol. The van der Waals surface area contributed by atoms with Gasteiger partial charge in [0.2, 0.25) is 0 Å². The van der Waals surface area contributed by atoms with Crippen LogP contribution in [0.2, 0.25) is 0 Å². The van der Waals surface area contributed by atoms with E-state index in [-0.39, 0.29) is 6.10 Å². The maximum atomic E-state index is 9.99. The first-order chi connectivity index (χ1) is 6.75. The van der Waals surface area contributed by atoms with Gasteiger partial charge in [0.1, 0.15) is 0 Å². The van der Waals surface area contributed by atoms with Crippen LogP contribution in [-0.2, 0) is 6.42 Å². The van der Waals surface area contributed by atoms with Crippen LogP contribution in [-0.4, -0.2) is 22.7 Å². The van der Waals surface area contributed by atoms with Crippen LogP contribution in [0.3, 0.4) is 0 Å². The van der Waals surface area contributed by atoms with Gasteiger partial charge in [-0.1, -0.05) is 0 Å². The van der Waals surface area contributed by atoms with Gasteiger partial charge < -0.3 is 5.11 Å². The molecule has 1 aliphatic rings. The molecule has 1 aliphatic heterocycles. The summed E-state index contributed by atoms with van der Waals surface area (Å²) in [5.41, 5.74) is 0. The fourth-order valence-corrected chi connectivity index (χ4v) is 4.52. The Morgan fingerprint density at radius 3 is 3.07 bits per heavy atom. The molecule has 78 valence electrons. The van der Waals surface area contributed by atoms with Crippen molar-refractivity contribution in [2.75, 3.05) is 11.5 Å². The molecule has 1 N–H and O–H groups in total. The molecule has 0 saturated carbocycles. The first-order valence-corrected chi connectivity index (χ1v) is 7.57. The zero-order valence-electron chi connectivity index (χ0n) is 7.78. The van der Waals surface area contributed by atoms with Gasteiger partial charge in [0.25, 0.3) is 0 Å². The molecular formula is C10H13BrOS2. The molecule has 0 radical (unpaired) electrons. The van der Waals surface area contributed by atoms with E-state index in [1.807, 2.05) is 11.8 Å². The lowest BCUT2D eigenvalue weighted by Gasteiger charge is -2.15. The van der Waals surface area contributed by atoms with E-state index in [1.165, 1.54) is 17.1 Å². The predicted molar refractivity (Wildman–Crippen MR) is 67.2 cm³/mol. The molecule has 2 rings (SSSR count). The van der Waals surface area contributed by atoms with Crippen molar-refractivity contribution in [1.82, 2.24) is 0 Å². The van der Waals surface area contributed by atoms with Crippen molar-refractivity contribution < 1.29 is 5.11 Å². The molecule has 2 unspecified atom stereocenters. The topological polar surface area (TPSA) is 20.2 Å². The summed E-state index contributed by atoms with van der Waals surface area (Å²) in [4.78, 5) is 1.28. The van der Waals surface area contributed by atoms with E-state index in [4.69, 9.17) is 0 Å². The zero-order valence-corrected chi connectivity index (χ0v) is 11.0. The Morgan fingerprint density at radius 1 is 1.64 bits per heavy atom. The van der Waals surface area contributed by atoms with E-state index < -0.39 is 0 Å². The molecule has 4 heteroatoms. The van der Waals surface area contributed by atoms with Crippen LogP contribution in [0.25, 0.3) is 0 Å². The Hall–Kier alpha value is 0.490. The number of thioether (sulfide) groups is 1. The summed E-state index contributed by atoms with van der Waals surface area (Å²) in [6.45, 7) is 0. The Morgan fingerprint density at radius 2 is 2.50 bits per heavy atom. The summed E-state index contributed by atoms with van der Waals surface area (Å²) >= 11 is 7.11. The van der Waals surface area contributed by atoms with Crippen LogP contribution in [0, 0.1) is 5.92 Å². The summed E-state index contributed by atoms with van der Waals surface area (Å²) < 4.78 is 1.13. The largest absolute Gasteiger partial charge is 0.392 e. The molecule has 14 heavy (non-hydrogen) atoms. The second kappa shape index (κ2) is 5.01. The molecule has 1 fully saturated rings. The van der Waals surface area contributed by atoms with Crippen molar-refractivity contribution in [2.24, 2.45) is 5.92 Å². The maximum absolute atomic E-state index is 9.99. The molecule has 0 spiro atoms. The van der Waals surface area contributed by atoms with Gasteiger partial charge >= 0.3 is 0 Å². The summed E-state index contributed by atoms with van der Waals surface area (Å²) in [6, 6.07) is 2.11. The van der Waals surface area contributed by atoms with Crippen molar-refractivity contribution in [3.63, 3.8) is 0 Å². The van der Waals surface area contributed by atoms with Gasteiger partial charge in [-0.3, -0.25) is 0 Å². The number of aliphatic hydroxyl groups is 1. The molecule has 1 aromatic rings. The smallest absolute Gasteiger partial charge is 0.0624 e. The number of rotatable bonds is 3. The van der Waals surface area contributed by atoms with E-state index in [2.05, 4.69) is 27.4 Å². The lowest BCUT2D eigenvalue weighted by atomic mass is 9.99. The Labute approximate surface area is 101 Å². The first-order valence-electron chi connectivity index (χ1n) is 4.74. The van der Waals surface area contributed by atoms with Crippen LogP contribution in [0.1, 0.15) is 11.3 Å². The standard InChI is InChI=1S/C10H13BrOS2/c11-8-3-9(14-6-8)4-10(12)7-1-2-13-5-7/h3,6-7,10,12H,1-2,4-5H2. The van der Waals surface area contributed by atoms with Crippen LogP contribution in [0.4, 0.5) is 0 Å². The van der Waals surface area contributed by atoms with Gasteiger partial charge in [0.15, 0.2) is 0 Å². The molecule has 2 heterocycles. The predicted octanol–water partition coefficient (Wildman–Crippen LogP) is 3.17. The third kappa shape index (κ3) is 2.75. The number of thiophene rings is 1. The highest BCUT2D eigenvalue weighted by Crippen LogP contribution is 2.29. The SMILES string of the molecule is OC(Cc1cc(Br)cs1)C1CCSC1. The minimum Gasteiger partial charge on any atom is -0.392 e. The molecule has 0 aliphatic carbocycles. The summed E-state index contributed by atoms with van der Waals surface area (Å²) in [7, 11) is 0. The average Bonchev–Trinajstić information content (AvgIpc) is 2.75. The van der Waals surface area contributed by atoms with E-state index in [1.54, 1.807) is 11.3 Å². The molecule has 0 amide bonds. The Balaban J connectivity index is 1.90. The van der Waals surface area contributed by atoms with Crippen molar-refractivity contribution in [3.05, 3.63) is 20.8 Å². The molecule has 2 atom stereocenters. The number of halogens is 1. The van der Waals surface area contributed by atoms with E-state index in [0.717, 1.165) is 16.6 Å². The van der Waals surface area contributed by atoms with Crippen molar-refractivity contribution >= 4 is 39.0 Å². The van der Waals surface area contributed by atoms with Gasteiger partial charge in [0.05, 0.1) is 6.10 Å². The quantitative estimate of drug-likeness (QED) is 0.923. The third-order valence-corrected chi connectivity index (χ3v) is 5.45. The van der Waals surface area contributed by atoms with Gasteiger partial charge in [-0.2, -0.15) is 11.8 Å². The maximum Gasteiger partial charge on any atom is 0.0624 e.